The summed E-state index contributed by atoms with van der Waals surface area (Å²) in [6.45, 7) is 4.20. The van der Waals surface area contributed by atoms with E-state index in [1.807, 2.05) is 21.1 Å². The van der Waals surface area contributed by atoms with Crippen molar-refractivity contribution in [2.75, 3.05) is 47.5 Å². The molecule has 10 heteroatoms. The van der Waals surface area contributed by atoms with Gasteiger partial charge in [0.1, 0.15) is 19.8 Å². The van der Waals surface area contributed by atoms with E-state index in [9.17, 15) is 19.0 Å². The monoisotopic (exact) mass is 1420 g/mol. The number of hydrogen-bond acceptors (Lipinski definition) is 8. The first kappa shape index (κ1) is 97.4. The fourth-order valence-corrected chi connectivity index (χ4v) is 13.8. The number of ether oxygens (including phenoxy) is 2. The summed E-state index contributed by atoms with van der Waals surface area (Å²) in [4.78, 5) is 38.2. The van der Waals surface area contributed by atoms with E-state index >= 15 is 0 Å². The number of hydrogen-bond donors (Lipinski definition) is 0. The summed E-state index contributed by atoms with van der Waals surface area (Å²) >= 11 is 0. The topological polar surface area (TPSA) is 111 Å². The van der Waals surface area contributed by atoms with E-state index in [1.54, 1.807) is 0 Å². The molecular formula is C90H168NO8P. The molecule has 586 valence electrons. The van der Waals surface area contributed by atoms with Crippen LogP contribution in [0.25, 0.3) is 0 Å². The molecule has 0 fully saturated rings. The van der Waals surface area contributed by atoms with Gasteiger partial charge in [0.2, 0.25) is 0 Å². The van der Waals surface area contributed by atoms with E-state index in [4.69, 9.17) is 18.5 Å². The van der Waals surface area contributed by atoms with Crippen molar-refractivity contribution in [3.63, 3.8) is 0 Å². The number of rotatable bonds is 82. The number of carbonyl (C=O) groups is 2. The van der Waals surface area contributed by atoms with Crippen molar-refractivity contribution in [1.82, 2.24) is 0 Å². The van der Waals surface area contributed by atoms with Crippen molar-refractivity contribution in [2.24, 2.45) is 0 Å². The Hall–Kier alpha value is -2.55. The molecule has 0 saturated heterocycles. The van der Waals surface area contributed by atoms with Gasteiger partial charge in [0, 0.05) is 12.8 Å². The second-order valence-corrected chi connectivity index (χ2v) is 32.3. The maximum Gasteiger partial charge on any atom is 0.306 e. The lowest BCUT2D eigenvalue weighted by Crippen LogP contribution is -2.37. The molecule has 0 saturated carbocycles. The first-order chi connectivity index (χ1) is 49.0. The summed E-state index contributed by atoms with van der Waals surface area (Å²) < 4.78 is 34.5. The van der Waals surface area contributed by atoms with Crippen LogP contribution in [0.2, 0.25) is 0 Å². The highest BCUT2D eigenvalue weighted by atomic mass is 31.2. The zero-order chi connectivity index (χ0) is 72.5. The van der Waals surface area contributed by atoms with Gasteiger partial charge in [0.25, 0.3) is 7.82 Å². The Morgan fingerprint density at radius 1 is 0.320 bits per heavy atom. The van der Waals surface area contributed by atoms with Crippen molar-refractivity contribution in [3.8, 4) is 0 Å². The van der Waals surface area contributed by atoms with Crippen LogP contribution in [0.3, 0.4) is 0 Å². The highest BCUT2D eigenvalue weighted by Crippen LogP contribution is 2.38. The molecule has 0 heterocycles. The molecule has 2 unspecified atom stereocenters. The van der Waals surface area contributed by atoms with E-state index in [0.717, 1.165) is 64.2 Å². The molecule has 0 aliphatic carbocycles. The number of likely N-dealkylation sites (N-methyl/N-ethyl adjacent to an activating group) is 1. The fourth-order valence-electron chi connectivity index (χ4n) is 13.1. The van der Waals surface area contributed by atoms with Crippen LogP contribution in [0, 0.1) is 0 Å². The first-order valence-electron chi connectivity index (χ1n) is 43.6. The number of unbranched alkanes of at least 4 members (excludes halogenated alkanes) is 56. The van der Waals surface area contributed by atoms with E-state index in [2.05, 4.69) is 86.8 Å². The molecule has 0 aromatic rings. The second kappa shape index (κ2) is 80.5. The van der Waals surface area contributed by atoms with Crippen LogP contribution in [0.1, 0.15) is 438 Å². The van der Waals surface area contributed by atoms with Gasteiger partial charge in [-0.05, 0) is 83.5 Å². The number of phosphoric ester groups is 1. The molecule has 0 aromatic heterocycles. The van der Waals surface area contributed by atoms with Crippen LogP contribution in [0.4, 0.5) is 0 Å². The highest BCUT2D eigenvalue weighted by Gasteiger charge is 2.22. The van der Waals surface area contributed by atoms with Crippen molar-refractivity contribution in [2.45, 2.75) is 444 Å². The van der Waals surface area contributed by atoms with E-state index in [1.165, 1.54) is 340 Å². The summed E-state index contributed by atoms with van der Waals surface area (Å²) in [6, 6.07) is 0. The number of esters is 2. The molecule has 0 rings (SSSR count). The van der Waals surface area contributed by atoms with E-state index in [0.29, 0.717) is 17.4 Å². The van der Waals surface area contributed by atoms with Gasteiger partial charge in [-0.1, -0.05) is 414 Å². The summed E-state index contributed by atoms with van der Waals surface area (Å²) in [7, 11) is 1.19. The van der Waals surface area contributed by atoms with Gasteiger partial charge >= 0.3 is 11.9 Å². The molecular weight excluding hydrogens is 1250 g/mol. The van der Waals surface area contributed by atoms with Gasteiger partial charge in [-0.2, -0.15) is 0 Å². The molecule has 0 bridgehead atoms. The number of carbonyl (C=O) groups excluding carboxylic acids is 2. The van der Waals surface area contributed by atoms with Crippen LogP contribution in [0.15, 0.2) is 72.9 Å². The molecule has 2 atom stereocenters. The summed E-state index contributed by atoms with van der Waals surface area (Å²) in [5, 5.41) is 0. The Morgan fingerprint density at radius 3 is 0.860 bits per heavy atom. The number of phosphoric acid groups is 1. The number of quaternary nitrogens is 1. The Morgan fingerprint density at radius 2 is 0.570 bits per heavy atom. The van der Waals surface area contributed by atoms with Gasteiger partial charge in [0.15, 0.2) is 6.10 Å². The van der Waals surface area contributed by atoms with Crippen LogP contribution in [0.5, 0.6) is 0 Å². The molecule has 0 amide bonds. The van der Waals surface area contributed by atoms with Crippen molar-refractivity contribution in [3.05, 3.63) is 72.9 Å². The minimum atomic E-state index is -4.65. The van der Waals surface area contributed by atoms with E-state index < -0.39 is 26.5 Å². The van der Waals surface area contributed by atoms with Crippen molar-refractivity contribution < 1.29 is 42.1 Å². The molecule has 100 heavy (non-hydrogen) atoms. The van der Waals surface area contributed by atoms with Crippen molar-refractivity contribution in [1.29, 1.82) is 0 Å². The third-order valence-electron chi connectivity index (χ3n) is 19.7. The lowest BCUT2D eigenvalue weighted by molar-refractivity contribution is -0.870. The zero-order valence-electron chi connectivity index (χ0n) is 67.2. The maximum atomic E-state index is 12.9. The fraction of sp³-hybridized carbons (Fsp3) is 0.844. The summed E-state index contributed by atoms with van der Waals surface area (Å²) in [6.07, 6.45) is 111. The Labute approximate surface area is 622 Å². The van der Waals surface area contributed by atoms with Crippen LogP contribution < -0.4 is 4.89 Å². The first-order valence-corrected chi connectivity index (χ1v) is 45.1. The Balaban J connectivity index is 3.86. The van der Waals surface area contributed by atoms with Crippen molar-refractivity contribution >= 4 is 19.8 Å². The third-order valence-corrected chi connectivity index (χ3v) is 20.7. The van der Waals surface area contributed by atoms with Gasteiger partial charge in [0.05, 0.1) is 27.7 Å². The quantitative estimate of drug-likeness (QED) is 0.0195. The number of allylic oxidation sites excluding steroid dienone is 12. The van der Waals surface area contributed by atoms with E-state index in [-0.39, 0.29) is 32.0 Å². The average molecular weight is 1420 g/mol. The zero-order valence-corrected chi connectivity index (χ0v) is 68.1. The maximum absolute atomic E-state index is 12.9. The number of nitrogens with zero attached hydrogens (tertiary/aromatic N) is 1. The average Bonchev–Trinajstić information content (AvgIpc) is 1.02. The molecule has 0 aliphatic heterocycles. The molecule has 0 N–H and O–H groups in total. The SMILES string of the molecule is CC/C=C\C/C=C\C/C=C\C/C=C\C/C=C\CCCCCCCCCCCCCCCCCCCCCCCC(=O)OC(COC(=O)CCCCCCCCCCCCCCCCCCCCCCCCCCCCC/C=C\CCCCCCCCCC)COP(=O)([O-])OCC[N+](C)(C)C. The standard InChI is InChI=1S/C90H168NO8P/c1-6-8-10-12-14-16-18-20-22-24-26-28-30-32-34-36-38-40-42-44-45-47-48-50-52-54-56-58-60-62-64-66-68-70-72-74-76-78-80-82-89(92)96-86-88(87-98-100(94,95)97-85-84-91(3,4)5)99-90(93)83-81-79-77-75-73-71-69-67-65-63-61-59-57-55-53-51-49-46-43-41-39-37-35-33-31-29-27-25-23-21-19-17-15-13-11-9-7-2/h9,11,15,17,21,23-24,26-27,29,33,35,88H,6-8,10,12-14,16,18-20,22,25,28,30-32,34,36-87H2,1-5H3/b11-9-,17-15-,23-21-,26-24-,29-27-,35-33-. The minimum Gasteiger partial charge on any atom is -0.756 e. The predicted octanol–water partition coefficient (Wildman–Crippen LogP) is 28.8. The Bertz CT molecular complexity index is 1920. The van der Waals surface area contributed by atoms with Crippen LogP contribution in [-0.2, 0) is 32.7 Å². The van der Waals surface area contributed by atoms with Gasteiger partial charge in [-0.3, -0.25) is 14.2 Å². The molecule has 0 spiro atoms. The molecule has 9 nitrogen and oxygen atoms in total. The Kier molecular flexibility index (Phi) is 78.5. The molecule has 0 radical (unpaired) electrons. The summed E-state index contributed by atoms with van der Waals surface area (Å²) in [5.41, 5.74) is 0. The lowest BCUT2D eigenvalue weighted by atomic mass is 10.0. The lowest BCUT2D eigenvalue weighted by Gasteiger charge is -2.28. The predicted molar refractivity (Wildman–Crippen MR) is 434 cm³/mol. The smallest absolute Gasteiger partial charge is 0.306 e. The van der Waals surface area contributed by atoms with Gasteiger partial charge in [-0.25, -0.2) is 0 Å². The van der Waals surface area contributed by atoms with Gasteiger partial charge in [-0.15, -0.1) is 0 Å². The van der Waals surface area contributed by atoms with Crippen LogP contribution in [-0.4, -0.2) is 70.0 Å². The van der Waals surface area contributed by atoms with Crippen LogP contribution >= 0.6 is 7.82 Å². The summed E-state index contributed by atoms with van der Waals surface area (Å²) in [5.74, 6) is -0.809. The third kappa shape index (κ3) is 84.4. The normalized spacial score (nSPS) is 13.3. The largest absolute Gasteiger partial charge is 0.756 e. The minimum absolute atomic E-state index is 0.0287. The molecule has 0 aliphatic rings. The molecule has 0 aromatic carbocycles. The second-order valence-electron chi connectivity index (χ2n) is 30.9. The van der Waals surface area contributed by atoms with Gasteiger partial charge < -0.3 is 27.9 Å². The highest BCUT2D eigenvalue weighted by molar-refractivity contribution is 7.45.